The van der Waals surface area contributed by atoms with E-state index in [-0.39, 0.29) is 18.4 Å². The molecule has 0 saturated carbocycles. The summed E-state index contributed by atoms with van der Waals surface area (Å²) in [5.74, 6) is 2.09. The van der Waals surface area contributed by atoms with E-state index in [1.807, 2.05) is 0 Å². The number of carbonyl (C=O) groups excluding carboxylic acids is 1. The van der Waals surface area contributed by atoms with E-state index in [4.69, 9.17) is 35.1 Å². The molecule has 0 aliphatic rings. The van der Waals surface area contributed by atoms with E-state index in [1.54, 1.807) is 60.7 Å². The van der Waals surface area contributed by atoms with Crippen molar-refractivity contribution in [2.45, 2.75) is 0 Å². The molecule has 0 bridgehead atoms. The van der Waals surface area contributed by atoms with Gasteiger partial charge < -0.3 is 28.8 Å². The Labute approximate surface area is 206 Å². The van der Waals surface area contributed by atoms with Crippen LogP contribution in [0.1, 0.15) is 0 Å². The van der Waals surface area contributed by atoms with Gasteiger partial charge in [-0.05, 0) is 48.5 Å². The van der Waals surface area contributed by atoms with Crippen LogP contribution < -0.4 is 24.3 Å². The number of nitrogens with one attached hydrogen (secondary N) is 1. The van der Waals surface area contributed by atoms with Crippen molar-refractivity contribution in [2.75, 3.05) is 33.3 Å². The third-order valence-corrected chi connectivity index (χ3v) is 5.22. The highest BCUT2D eigenvalue weighted by atomic mass is 35.5. The van der Waals surface area contributed by atoms with Crippen LogP contribution in [0.2, 0.25) is 5.02 Å². The highest BCUT2D eigenvalue weighted by molar-refractivity contribution is 6.30. The van der Waals surface area contributed by atoms with Crippen molar-refractivity contribution in [2.24, 2.45) is 0 Å². The zero-order valence-electron chi connectivity index (χ0n) is 19.2. The Morgan fingerprint density at radius 3 is 2.31 bits per heavy atom. The molecule has 0 radical (unpaired) electrons. The smallest absolute Gasteiger partial charge is 0.262 e. The van der Waals surface area contributed by atoms with Gasteiger partial charge in [-0.1, -0.05) is 28.9 Å². The van der Waals surface area contributed by atoms with Crippen molar-refractivity contribution in [3.8, 4) is 45.8 Å². The van der Waals surface area contributed by atoms with Crippen LogP contribution in [-0.2, 0) is 4.79 Å². The normalized spacial score (nSPS) is 10.5. The van der Waals surface area contributed by atoms with Crippen LogP contribution in [0.25, 0.3) is 22.8 Å². The third-order valence-electron chi connectivity index (χ3n) is 4.96. The van der Waals surface area contributed by atoms with Gasteiger partial charge in [-0.15, -0.1) is 0 Å². The molecule has 0 aliphatic heterocycles. The lowest BCUT2D eigenvalue weighted by Crippen LogP contribution is -2.20. The minimum Gasteiger partial charge on any atom is -0.493 e. The van der Waals surface area contributed by atoms with E-state index in [0.29, 0.717) is 50.7 Å². The standard InChI is InChI=1S/C25H22ClN3O6/c1-31-20-12-15(13-21(32-2)23(20)33-3)24-28-25(35-29-24)18-6-4-5-7-19(18)27-22(30)14-34-17-10-8-16(26)9-11-17/h4-13H,14H2,1-3H3,(H,27,30). The number of benzene rings is 3. The quantitative estimate of drug-likeness (QED) is 0.342. The van der Waals surface area contributed by atoms with Gasteiger partial charge in [0, 0.05) is 10.6 Å². The zero-order valence-corrected chi connectivity index (χ0v) is 20.0. The number of carbonyl (C=O) groups is 1. The van der Waals surface area contributed by atoms with Crippen LogP contribution >= 0.6 is 11.6 Å². The minimum atomic E-state index is -0.350. The van der Waals surface area contributed by atoms with Gasteiger partial charge in [0.2, 0.25) is 11.6 Å². The summed E-state index contributed by atoms with van der Waals surface area (Å²) in [5.41, 5.74) is 1.66. The monoisotopic (exact) mass is 495 g/mol. The van der Waals surface area contributed by atoms with E-state index in [0.717, 1.165) is 0 Å². The van der Waals surface area contributed by atoms with Crippen molar-refractivity contribution in [1.82, 2.24) is 10.1 Å². The molecule has 1 amide bonds. The summed E-state index contributed by atoms with van der Waals surface area (Å²) in [5, 5.41) is 7.49. The summed E-state index contributed by atoms with van der Waals surface area (Å²) in [6.45, 7) is -0.184. The van der Waals surface area contributed by atoms with Gasteiger partial charge in [-0.3, -0.25) is 4.79 Å². The second-order valence-electron chi connectivity index (χ2n) is 7.17. The second-order valence-corrected chi connectivity index (χ2v) is 7.61. The Morgan fingerprint density at radius 1 is 0.971 bits per heavy atom. The fourth-order valence-electron chi connectivity index (χ4n) is 3.30. The molecule has 0 aliphatic carbocycles. The first kappa shape index (κ1) is 23.9. The predicted octanol–water partition coefficient (Wildman–Crippen LogP) is 5.10. The van der Waals surface area contributed by atoms with Gasteiger partial charge >= 0.3 is 0 Å². The lowest BCUT2D eigenvalue weighted by atomic mass is 10.1. The zero-order chi connectivity index (χ0) is 24.8. The van der Waals surface area contributed by atoms with E-state index in [1.165, 1.54) is 21.3 Å². The maximum atomic E-state index is 12.5. The number of rotatable bonds is 9. The lowest BCUT2D eigenvalue weighted by Gasteiger charge is -2.12. The number of anilines is 1. The summed E-state index contributed by atoms with van der Waals surface area (Å²) in [4.78, 5) is 17.0. The Balaban J connectivity index is 1.54. The Morgan fingerprint density at radius 2 is 1.66 bits per heavy atom. The number of nitrogens with zero attached hydrogens (tertiary/aromatic N) is 2. The number of aromatic nitrogens is 2. The van der Waals surface area contributed by atoms with Gasteiger partial charge in [-0.25, -0.2) is 0 Å². The molecular weight excluding hydrogens is 474 g/mol. The van der Waals surface area contributed by atoms with E-state index in [2.05, 4.69) is 15.5 Å². The molecule has 3 aromatic carbocycles. The molecular formula is C25H22ClN3O6. The third kappa shape index (κ3) is 5.47. The number of hydrogen-bond acceptors (Lipinski definition) is 8. The maximum absolute atomic E-state index is 12.5. The number of halogens is 1. The first-order valence-corrected chi connectivity index (χ1v) is 10.8. The Hall–Kier alpha value is -4.24. The molecule has 1 N–H and O–H groups in total. The second kappa shape index (κ2) is 10.8. The molecule has 0 fully saturated rings. The van der Waals surface area contributed by atoms with Crippen molar-refractivity contribution in [3.63, 3.8) is 0 Å². The summed E-state index contributed by atoms with van der Waals surface area (Å²) < 4.78 is 27.2. The molecule has 0 saturated heterocycles. The largest absolute Gasteiger partial charge is 0.493 e. The average molecular weight is 496 g/mol. The van der Waals surface area contributed by atoms with Gasteiger partial charge in [0.15, 0.2) is 18.1 Å². The Bertz CT molecular complexity index is 1300. The molecule has 180 valence electrons. The molecule has 35 heavy (non-hydrogen) atoms. The molecule has 1 heterocycles. The first-order valence-electron chi connectivity index (χ1n) is 10.4. The number of methoxy groups -OCH3 is 3. The van der Waals surface area contributed by atoms with Crippen molar-refractivity contribution in [3.05, 3.63) is 65.7 Å². The fourth-order valence-corrected chi connectivity index (χ4v) is 3.43. The van der Waals surface area contributed by atoms with E-state index >= 15 is 0 Å². The highest BCUT2D eigenvalue weighted by Gasteiger charge is 2.19. The SMILES string of the molecule is COc1cc(-c2noc(-c3ccccc3NC(=O)COc3ccc(Cl)cc3)n2)cc(OC)c1OC. The molecule has 9 nitrogen and oxygen atoms in total. The van der Waals surface area contributed by atoms with Gasteiger partial charge in [0.05, 0.1) is 32.6 Å². The molecule has 0 atom stereocenters. The number of amides is 1. The highest BCUT2D eigenvalue weighted by Crippen LogP contribution is 2.41. The number of para-hydroxylation sites is 1. The fraction of sp³-hybridized carbons (Fsp3) is 0.160. The lowest BCUT2D eigenvalue weighted by molar-refractivity contribution is -0.118. The molecule has 4 aromatic rings. The van der Waals surface area contributed by atoms with E-state index < -0.39 is 0 Å². The van der Waals surface area contributed by atoms with Gasteiger partial charge in [0.25, 0.3) is 11.8 Å². The van der Waals surface area contributed by atoms with Crippen LogP contribution in [0.3, 0.4) is 0 Å². The summed E-state index contributed by atoms with van der Waals surface area (Å²) in [6, 6.07) is 17.3. The first-order chi connectivity index (χ1) is 17.0. The summed E-state index contributed by atoms with van der Waals surface area (Å²) in [6.07, 6.45) is 0. The van der Waals surface area contributed by atoms with Crippen LogP contribution in [-0.4, -0.2) is 44.0 Å². The predicted molar refractivity (Wildman–Crippen MR) is 130 cm³/mol. The van der Waals surface area contributed by atoms with Gasteiger partial charge in [-0.2, -0.15) is 4.98 Å². The minimum absolute atomic E-state index is 0.184. The Kier molecular flexibility index (Phi) is 7.37. The van der Waals surface area contributed by atoms with Crippen LogP contribution in [0, 0.1) is 0 Å². The van der Waals surface area contributed by atoms with Crippen LogP contribution in [0.15, 0.2) is 65.2 Å². The molecule has 4 rings (SSSR count). The number of ether oxygens (including phenoxy) is 4. The van der Waals surface area contributed by atoms with Crippen molar-refractivity contribution >= 4 is 23.2 Å². The topological polar surface area (TPSA) is 105 Å². The molecule has 0 unspecified atom stereocenters. The number of hydrogen-bond donors (Lipinski definition) is 1. The molecule has 1 aromatic heterocycles. The summed E-state index contributed by atoms with van der Waals surface area (Å²) in [7, 11) is 4.58. The van der Waals surface area contributed by atoms with Crippen molar-refractivity contribution in [1.29, 1.82) is 0 Å². The summed E-state index contributed by atoms with van der Waals surface area (Å²) >= 11 is 5.87. The molecule has 0 spiro atoms. The molecule has 10 heteroatoms. The van der Waals surface area contributed by atoms with Gasteiger partial charge in [0.1, 0.15) is 5.75 Å². The van der Waals surface area contributed by atoms with Crippen LogP contribution in [0.5, 0.6) is 23.0 Å². The van der Waals surface area contributed by atoms with Crippen molar-refractivity contribution < 1.29 is 28.3 Å². The van der Waals surface area contributed by atoms with Crippen LogP contribution in [0.4, 0.5) is 5.69 Å². The van der Waals surface area contributed by atoms with E-state index in [9.17, 15) is 4.79 Å². The average Bonchev–Trinajstić information content (AvgIpc) is 3.38. The maximum Gasteiger partial charge on any atom is 0.262 e.